The van der Waals surface area contributed by atoms with Crippen molar-refractivity contribution in [1.82, 2.24) is 0 Å². The van der Waals surface area contributed by atoms with Gasteiger partial charge in [0.15, 0.2) is 5.43 Å². The molecule has 0 heterocycles. The van der Waals surface area contributed by atoms with E-state index in [2.05, 4.69) is 0 Å². The first-order valence-corrected chi connectivity index (χ1v) is 6.55. The van der Waals surface area contributed by atoms with Crippen LogP contribution >= 0.6 is 0 Å². The molecule has 0 spiro atoms. The average molecular weight is 254 g/mol. The fraction of sp³-hybridized carbons (Fsp3) is 0.533. The predicted molar refractivity (Wildman–Crippen MR) is 67.1 cm³/mol. The van der Waals surface area contributed by atoms with E-state index >= 15 is 0 Å². The Morgan fingerprint density at radius 1 is 1.11 bits per heavy atom. The molecule has 1 aromatic carbocycles. The molecule has 3 rings (SSSR count). The molecule has 2 saturated carbocycles. The van der Waals surface area contributed by atoms with Gasteiger partial charge in [-0.1, -0.05) is 37.8 Å². The number of hydrogen-bond donors (Lipinski definition) is 0. The molecule has 92 valence electrons. The van der Waals surface area contributed by atoms with E-state index in [0.29, 0.717) is 5.92 Å². The van der Waals surface area contributed by atoms with Crippen LogP contribution in [0.3, 0.4) is 0 Å². The summed E-state index contributed by atoms with van der Waals surface area (Å²) in [5, 5.41) is 11.4. The molecule has 2 aliphatic rings. The van der Waals surface area contributed by atoms with Crippen molar-refractivity contribution in [2.45, 2.75) is 39.0 Å². The second-order valence-corrected chi connectivity index (χ2v) is 4.82. The van der Waals surface area contributed by atoms with Crippen molar-refractivity contribution in [3.05, 3.63) is 40.1 Å². The van der Waals surface area contributed by atoms with Crippen molar-refractivity contribution in [2.24, 2.45) is 11.8 Å². The van der Waals surface area contributed by atoms with E-state index < -0.39 is 5.43 Å². The molecule has 2 aliphatic carbocycles. The minimum Gasteiger partial charge on any atom is -0.870 e. The van der Waals surface area contributed by atoms with Gasteiger partial charge in [0.25, 0.3) is 0 Å². The Kier molecular flexibility index (Phi) is 5.90. The zero-order valence-corrected chi connectivity index (χ0v) is 13.5. The topological polar surface area (TPSA) is 40.1 Å². The summed E-state index contributed by atoms with van der Waals surface area (Å²) < 4.78 is 0. The molecule has 0 N–H and O–H groups in total. The van der Waals surface area contributed by atoms with Crippen LogP contribution in [0.25, 0.3) is 0 Å². The van der Waals surface area contributed by atoms with Crippen molar-refractivity contribution >= 4 is 0 Å². The van der Waals surface area contributed by atoms with Gasteiger partial charge in [0.05, 0.1) is 0 Å². The number of rotatable bonds is 1. The van der Waals surface area contributed by atoms with Crippen molar-refractivity contribution in [1.29, 1.82) is 0 Å². The quantitative estimate of drug-likeness (QED) is 0.644. The van der Waals surface area contributed by atoms with Crippen LogP contribution in [0, 0.1) is 11.8 Å². The summed E-state index contributed by atoms with van der Waals surface area (Å²) in [5.74, 6) is 1.97. The Labute approximate surface area is 131 Å². The summed E-state index contributed by atoms with van der Waals surface area (Å²) in [6.07, 6.45) is 3.80. The normalized spacial score (nSPS) is 27.3. The average Bonchev–Trinajstić information content (AvgIpc) is 3.00. The summed E-state index contributed by atoms with van der Waals surface area (Å²) in [6, 6.07) is 6.54. The number of hydrogen-bond acceptors (Lipinski definition) is 2. The maximum atomic E-state index is 11.4. The van der Waals surface area contributed by atoms with E-state index in [9.17, 15) is 9.90 Å². The van der Waals surface area contributed by atoms with Gasteiger partial charge in [0.1, 0.15) is 0 Å². The molecule has 1 aromatic rings. The van der Waals surface area contributed by atoms with Crippen LogP contribution in [-0.2, 0) is 0 Å². The molecule has 0 radical (unpaired) electrons. The Bertz CT molecular complexity index is 449. The molecule has 2 unspecified atom stereocenters. The first kappa shape index (κ1) is 15.7. The monoisotopic (exact) mass is 254 g/mol. The van der Waals surface area contributed by atoms with Crippen molar-refractivity contribution in [3.63, 3.8) is 0 Å². The van der Waals surface area contributed by atoms with Crippen molar-refractivity contribution in [3.8, 4) is 5.75 Å². The van der Waals surface area contributed by atoms with Crippen LogP contribution in [0.4, 0.5) is 0 Å². The summed E-state index contributed by atoms with van der Waals surface area (Å²) in [5.41, 5.74) is 0.665. The second-order valence-electron chi connectivity index (χ2n) is 4.82. The molecule has 2 nitrogen and oxygen atoms in total. The molecular formula is C15H19NaO2. The molecule has 0 aliphatic heterocycles. The van der Waals surface area contributed by atoms with Crippen LogP contribution in [0.15, 0.2) is 29.1 Å². The van der Waals surface area contributed by atoms with E-state index in [4.69, 9.17) is 0 Å². The first-order chi connectivity index (χ1) is 8.24. The van der Waals surface area contributed by atoms with Crippen LogP contribution in [-0.4, -0.2) is 0 Å². The third-order valence-electron chi connectivity index (χ3n) is 3.79. The third kappa shape index (κ3) is 3.37. The smallest absolute Gasteiger partial charge is 0.870 e. The van der Waals surface area contributed by atoms with E-state index in [1.54, 1.807) is 6.07 Å². The Morgan fingerprint density at radius 2 is 1.72 bits per heavy atom. The van der Waals surface area contributed by atoms with Gasteiger partial charge in [-0.05, 0) is 48.6 Å². The summed E-state index contributed by atoms with van der Waals surface area (Å²) >= 11 is 0. The zero-order chi connectivity index (χ0) is 12.4. The van der Waals surface area contributed by atoms with Crippen LogP contribution in [0.5, 0.6) is 5.75 Å². The van der Waals surface area contributed by atoms with Gasteiger partial charge in [-0.2, -0.15) is 0 Å². The van der Waals surface area contributed by atoms with Crippen LogP contribution in [0.1, 0.15) is 44.6 Å². The SMILES string of the molecule is CC.O=c1cccc(C2CC3CC3C2)cc1[O-].[Na+]. The van der Waals surface area contributed by atoms with Gasteiger partial charge < -0.3 is 5.11 Å². The molecule has 18 heavy (non-hydrogen) atoms. The second kappa shape index (κ2) is 6.74. The molecule has 0 saturated heterocycles. The van der Waals surface area contributed by atoms with E-state index in [0.717, 1.165) is 17.4 Å². The summed E-state index contributed by atoms with van der Waals surface area (Å²) in [4.78, 5) is 11.1. The minimum absolute atomic E-state index is 0. The van der Waals surface area contributed by atoms with Gasteiger partial charge in [-0.25, -0.2) is 0 Å². The fourth-order valence-electron chi connectivity index (χ4n) is 2.84. The molecule has 0 bridgehead atoms. The van der Waals surface area contributed by atoms with Gasteiger partial charge in [-0.3, -0.25) is 4.79 Å². The van der Waals surface area contributed by atoms with Gasteiger partial charge in [0, 0.05) is 0 Å². The van der Waals surface area contributed by atoms with E-state index in [-0.39, 0.29) is 35.3 Å². The first-order valence-electron chi connectivity index (χ1n) is 6.55. The fourth-order valence-corrected chi connectivity index (χ4v) is 2.84. The van der Waals surface area contributed by atoms with Crippen LogP contribution in [0.2, 0.25) is 0 Å². The molecule has 0 aromatic heterocycles. The standard InChI is InChI=1S/C13H14O2.C2H6.Na/c14-12-3-1-2-8(7-13(12)15)9-4-10-6-11(10)5-9;1-2;/h1-3,7,9-11H,4-6H2,(H,14,15);1-2H3;/q;;+1/p-1. The Morgan fingerprint density at radius 3 is 2.33 bits per heavy atom. The largest absolute Gasteiger partial charge is 1.00 e. The van der Waals surface area contributed by atoms with Crippen molar-refractivity contribution < 1.29 is 34.7 Å². The van der Waals surface area contributed by atoms with E-state index in [1.165, 1.54) is 31.4 Å². The molecule has 2 atom stereocenters. The minimum atomic E-state index is -0.399. The van der Waals surface area contributed by atoms with E-state index in [1.807, 2.05) is 19.9 Å². The predicted octanol–water partition coefficient (Wildman–Crippen LogP) is -0.336. The van der Waals surface area contributed by atoms with Gasteiger partial charge in [-0.15, -0.1) is 0 Å². The molecule has 3 heteroatoms. The van der Waals surface area contributed by atoms with Crippen LogP contribution < -0.4 is 40.1 Å². The summed E-state index contributed by atoms with van der Waals surface area (Å²) in [6.45, 7) is 4.00. The molecular weight excluding hydrogens is 235 g/mol. The Hall–Kier alpha value is -0.310. The number of fused-ring (bicyclic) bond motifs is 1. The summed E-state index contributed by atoms with van der Waals surface area (Å²) in [7, 11) is 0. The zero-order valence-electron chi connectivity index (χ0n) is 11.5. The maximum absolute atomic E-state index is 11.4. The molecule has 2 fully saturated rings. The maximum Gasteiger partial charge on any atom is 1.00 e. The molecule has 0 amide bonds. The van der Waals surface area contributed by atoms with Gasteiger partial charge in [0.2, 0.25) is 0 Å². The Balaban J connectivity index is 0.000000516. The third-order valence-corrected chi connectivity index (χ3v) is 3.79. The van der Waals surface area contributed by atoms with Crippen molar-refractivity contribution in [2.75, 3.05) is 0 Å². The van der Waals surface area contributed by atoms with Gasteiger partial charge >= 0.3 is 29.6 Å².